The van der Waals surface area contributed by atoms with E-state index >= 15 is 0 Å². The molecule has 1 aromatic rings. The zero-order chi connectivity index (χ0) is 14.5. The van der Waals surface area contributed by atoms with Crippen molar-refractivity contribution >= 4 is 0 Å². The summed E-state index contributed by atoms with van der Waals surface area (Å²) in [6.07, 6.45) is -4.22. The molecule has 1 aromatic carbocycles. The molecule has 0 aliphatic heterocycles. The number of alkyl halides is 3. The van der Waals surface area contributed by atoms with Crippen LogP contribution in [0.5, 0.6) is 5.75 Å². The minimum atomic E-state index is -4.35. The van der Waals surface area contributed by atoms with E-state index in [0.29, 0.717) is 11.3 Å². The number of methoxy groups -OCH3 is 1. The number of hydrogen-bond acceptors (Lipinski definition) is 3. The van der Waals surface area contributed by atoms with E-state index in [2.05, 4.69) is 5.32 Å². The Morgan fingerprint density at radius 3 is 2.47 bits per heavy atom. The van der Waals surface area contributed by atoms with Crippen molar-refractivity contribution in [1.82, 2.24) is 5.32 Å². The summed E-state index contributed by atoms with van der Waals surface area (Å²) >= 11 is 0. The third kappa shape index (κ3) is 4.79. The number of benzene rings is 1. The quantitative estimate of drug-likeness (QED) is 0.896. The molecule has 0 fully saturated rings. The molecule has 3 nitrogen and oxygen atoms in total. The Balaban J connectivity index is 2.84. The van der Waals surface area contributed by atoms with Crippen LogP contribution in [-0.4, -0.2) is 25.4 Å². The normalized spacial score (nSPS) is 14.5. The number of nitrogens with zero attached hydrogens (tertiary/aromatic N) is 1. The van der Waals surface area contributed by atoms with Gasteiger partial charge >= 0.3 is 6.18 Å². The summed E-state index contributed by atoms with van der Waals surface area (Å²) in [5.41, 5.74) is -0.617. The van der Waals surface area contributed by atoms with Gasteiger partial charge in [-0.25, -0.2) is 0 Å². The molecule has 104 valence electrons. The van der Waals surface area contributed by atoms with E-state index < -0.39 is 18.3 Å². The number of rotatable bonds is 5. The maximum absolute atomic E-state index is 12.2. The van der Waals surface area contributed by atoms with Crippen LogP contribution in [-0.2, 0) is 6.42 Å². The highest BCUT2D eigenvalue weighted by Gasteiger charge is 2.33. The van der Waals surface area contributed by atoms with Crippen molar-refractivity contribution in [2.75, 3.05) is 13.7 Å². The molecule has 0 saturated heterocycles. The highest BCUT2D eigenvalue weighted by Crippen LogP contribution is 2.23. The first-order valence-corrected chi connectivity index (χ1v) is 5.64. The Morgan fingerprint density at radius 1 is 1.32 bits per heavy atom. The predicted octanol–water partition coefficient (Wildman–Crippen LogP) is 2.67. The average Bonchev–Trinajstić information content (AvgIpc) is 2.36. The van der Waals surface area contributed by atoms with Gasteiger partial charge in [-0.3, -0.25) is 5.32 Å². The third-order valence-corrected chi connectivity index (χ3v) is 2.66. The minimum absolute atomic E-state index is 0.129. The van der Waals surface area contributed by atoms with E-state index in [9.17, 15) is 13.2 Å². The van der Waals surface area contributed by atoms with Gasteiger partial charge < -0.3 is 4.74 Å². The third-order valence-electron chi connectivity index (χ3n) is 2.66. The molecular formula is C13H15F3N2O. The van der Waals surface area contributed by atoms with Gasteiger partial charge in [-0.2, -0.15) is 18.4 Å². The fourth-order valence-corrected chi connectivity index (χ4v) is 1.67. The van der Waals surface area contributed by atoms with Crippen molar-refractivity contribution in [2.45, 2.75) is 25.1 Å². The van der Waals surface area contributed by atoms with Gasteiger partial charge in [0, 0.05) is 6.42 Å². The second-order valence-corrected chi connectivity index (χ2v) is 4.40. The van der Waals surface area contributed by atoms with Crippen LogP contribution >= 0.6 is 0 Å². The maximum Gasteiger partial charge on any atom is 0.401 e. The SMILES string of the molecule is COc1ccccc1CC(C)(C#N)NCC(F)(F)F. The summed E-state index contributed by atoms with van der Waals surface area (Å²) in [6, 6.07) is 8.82. The van der Waals surface area contributed by atoms with Crippen LogP contribution in [0.3, 0.4) is 0 Å². The van der Waals surface area contributed by atoms with Crippen molar-refractivity contribution in [2.24, 2.45) is 0 Å². The molecule has 0 amide bonds. The smallest absolute Gasteiger partial charge is 0.401 e. The number of hydrogen-bond donors (Lipinski definition) is 1. The summed E-state index contributed by atoms with van der Waals surface area (Å²) < 4.78 is 41.8. The van der Waals surface area contributed by atoms with E-state index in [-0.39, 0.29) is 6.42 Å². The molecule has 1 N–H and O–H groups in total. The molecule has 0 spiro atoms. The Bertz CT molecular complexity index is 468. The van der Waals surface area contributed by atoms with E-state index in [1.54, 1.807) is 24.3 Å². The number of halogens is 3. The molecule has 0 saturated carbocycles. The van der Waals surface area contributed by atoms with Gasteiger partial charge in [-0.05, 0) is 18.6 Å². The summed E-state index contributed by atoms with van der Waals surface area (Å²) in [7, 11) is 1.48. The minimum Gasteiger partial charge on any atom is -0.496 e. The largest absolute Gasteiger partial charge is 0.496 e. The van der Waals surface area contributed by atoms with E-state index in [0.717, 1.165) is 0 Å². The molecule has 6 heteroatoms. The molecular weight excluding hydrogens is 257 g/mol. The molecule has 1 unspecified atom stereocenters. The molecule has 1 rings (SSSR count). The van der Waals surface area contributed by atoms with Crippen molar-refractivity contribution in [3.05, 3.63) is 29.8 Å². The molecule has 0 aliphatic rings. The van der Waals surface area contributed by atoms with E-state index in [1.165, 1.54) is 14.0 Å². The summed E-state index contributed by atoms with van der Waals surface area (Å²) in [5.74, 6) is 0.554. The number of nitriles is 1. The van der Waals surface area contributed by atoms with Gasteiger partial charge in [-0.1, -0.05) is 18.2 Å². The fraction of sp³-hybridized carbons (Fsp3) is 0.462. The monoisotopic (exact) mass is 272 g/mol. The zero-order valence-electron chi connectivity index (χ0n) is 10.7. The summed E-state index contributed by atoms with van der Waals surface area (Å²) in [6.45, 7) is 0.234. The van der Waals surface area contributed by atoms with Crippen molar-refractivity contribution in [3.8, 4) is 11.8 Å². The number of para-hydroxylation sites is 1. The molecule has 1 atom stereocenters. The van der Waals surface area contributed by atoms with Crippen molar-refractivity contribution < 1.29 is 17.9 Å². The van der Waals surface area contributed by atoms with E-state index in [4.69, 9.17) is 10.00 Å². The highest BCUT2D eigenvalue weighted by atomic mass is 19.4. The maximum atomic E-state index is 12.2. The van der Waals surface area contributed by atoms with Crippen molar-refractivity contribution in [3.63, 3.8) is 0 Å². The van der Waals surface area contributed by atoms with Crippen LogP contribution < -0.4 is 10.1 Å². The van der Waals surface area contributed by atoms with Crippen LogP contribution in [0.2, 0.25) is 0 Å². The van der Waals surface area contributed by atoms with Crippen molar-refractivity contribution in [1.29, 1.82) is 5.26 Å². The number of ether oxygens (including phenoxy) is 1. The molecule has 19 heavy (non-hydrogen) atoms. The Morgan fingerprint density at radius 2 is 1.95 bits per heavy atom. The van der Waals surface area contributed by atoms with Gasteiger partial charge in [0.1, 0.15) is 11.3 Å². The molecule has 0 aromatic heterocycles. The average molecular weight is 272 g/mol. The molecule has 0 bridgehead atoms. The van der Waals surface area contributed by atoms with Gasteiger partial charge in [0.15, 0.2) is 0 Å². The first kappa shape index (κ1) is 15.3. The van der Waals surface area contributed by atoms with Crippen LogP contribution in [0.4, 0.5) is 13.2 Å². The van der Waals surface area contributed by atoms with Crippen LogP contribution in [0.25, 0.3) is 0 Å². The van der Waals surface area contributed by atoms with Crippen LogP contribution in [0.1, 0.15) is 12.5 Å². The first-order chi connectivity index (χ1) is 8.79. The van der Waals surface area contributed by atoms with Gasteiger partial charge in [0.2, 0.25) is 0 Å². The van der Waals surface area contributed by atoms with E-state index in [1.807, 2.05) is 6.07 Å². The Hall–Kier alpha value is -1.74. The number of nitrogens with one attached hydrogen (secondary N) is 1. The van der Waals surface area contributed by atoms with Crippen LogP contribution in [0.15, 0.2) is 24.3 Å². The van der Waals surface area contributed by atoms with Crippen LogP contribution in [0, 0.1) is 11.3 Å². The summed E-state index contributed by atoms with van der Waals surface area (Å²) in [4.78, 5) is 0. The lowest BCUT2D eigenvalue weighted by Gasteiger charge is -2.25. The lowest BCUT2D eigenvalue weighted by atomic mass is 9.93. The standard InChI is InChI=1S/C13H15F3N2O/c1-12(8-17,18-9-13(14,15)16)7-10-5-3-4-6-11(10)19-2/h3-6,18H,7,9H2,1-2H3. The lowest BCUT2D eigenvalue weighted by Crippen LogP contribution is -2.47. The molecule has 0 radical (unpaired) electrons. The molecule has 0 aliphatic carbocycles. The summed E-state index contributed by atoms with van der Waals surface area (Å²) in [5, 5.41) is 11.3. The topological polar surface area (TPSA) is 45.0 Å². The van der Waals surface area contributed by atoms with Gasteiger partial charge in [-0.15, -0.1) is 0 Å². The Kier molecular flexibility index (Phi) is 4.78. The molecule has 0 heterocycles. The fourth-order valence-electron chi connectivity index (χ4n) is 1.67. The lowest BCUT2D eigenvalue weighted by molar-refractivity contribution is -0.127. The first-order valence-electron chi connectivity index (χ1n) is 5.64. The zero-order valence-corrected chi connectivity index (χ0v) is 10.7. The predicted molar refractivity (Wildman–Crippen MR) is 64.8 cm³/mol. The van der Waals surface area contributed by atoms with Gasteiger partial charge in [0.05, 0.1) is 19.7 Å². The Labute approximate surface area is 110 Å². The van der Waals surface area contributed by atoms with Gasteiger partial charge in [0.25, 0.3) is 0 Å². The second-order valence-electron chi connectivity index (χ2n) is 4.40. The second kappa shape index (κ2) is 5.93. The highest BCUT2D eigenvalue weighted by molar-refractivity contribution is 5.35.